The first-order chi connectivity index (χ1) is 10.7. The van der Waals surface area contributed by atoms with Crippen LogP contribution in [0.3, 0.4) is 0 Å². The van der Waals surface area contributed by atoms with E-state index in [1.807, 2.05) is 37.3 Å². The minimum Gasteiger partial charge on any atom is -0.380 e. The van der Waals surface area contributed by atoms with Crippen LogP contribution in [0, 0.1) is 6.92 Å². The predicted octanol–water partition coefficient (Wildman–Crippen LogP) is 5.50. The van der Waals surface area contributed by atoms with E-state index in [0.717, 1.165) is 16.9 Å². The van der Waals surface area contributed by atoms with Gasteiger partial charge in [0.2, 0.25) is 0 Å². The van der Waals surface area contributed by atoms with Crippen molar-refractivity contribution in [3.8, 4) is 0 Å². The molecule has 0 aromatic heterocycles. The quantitative estimate of drug-likeness (QED) is 0.695. The van der Waals surface area contributed by atoms with Crippen LogP contribution in [0.25, 0.3) is 0 Å². The molecule has 122 valence electrons. The van der Waals surface area contributed by atoms with Gasteiger partial charge in [-0.05, 0) is 75.7 Å². The van der Waals surface area contributed by atoms with Crippen LogP contribution in [-0.4, -0.2) is 11.6 Å². The van der Waals surface area contributed by atoms with Crippen molar-refractivity contribution in [3.63, 3.8) is 0 Å². The molecule has 0 heterocycles. The summed E-state index contributed by atoms with van der Waals surface area (Å²) in [6.07, 6.45) is 0. The van der Waals surface area contributed by atoms with Gasteiger partial charge in [-0.3, -0.25) is 0 Å². The number of benzene rings is 2. The zero-order valence-electron chi connectivity index (χ0n) is 13.8. The van der Waals surface area contributed by atoms with Crippen molar-refractivity contribution in [2.45, 2.75) is 33.2 Å². The van der Waals surface area contributed by atoms with E-state index in [2.05, 4.69) is 36.7 Å². The lowest BCUT2D eigenvalue weighted by Gasteiger charge is -2.22. The third-order valence-electron chi connectivity index (χ3n) is 3.08. The molecule has 0 radical (unpaired) electrons. The van der Waals surface area contributed by atoms with E-state index in [9.17, 15) is 4.79 Å². The fourth-order valence-corrected chi connectivity index (χ4v) is 2.20. The smallest absolute Gasteiger partial charge is 0.323 e. The Labute approximate surface area is 142 Å². The van der Waals surface area contributed by atoms with Gasteiger partial charge in [-0.1, -0.05) is 11.6 Å². The second kappa shape index (κ2) is 6.92. The lowest BCUT2D eigenvalue weighted by atomic mass is 10.1. The van der Waals surface area contributed by atoms with Crippen molar-refractivity contribution in [1.82, 2.24) is 0 Å². The number of halogens is 1. The second-order valence-electron chi connectivity index (χ2n) is 6.50. The molecule has 0 atom stereocenters. The Bertz CT molecular complexity index is 690. The van der Waals surface area contributed by atoms with E-state index in [1.165, 1.54) is 0 Å². The Morgan fingerprint density at radius 3 is 2.00 bits per heavy atom. The van der Waals surface area contributed by atoms with Crippen LogP contribution in [-0.2, 0) is 0 Å². The number of nitrogens with one attached hydrogen (secondary N) is 3. The van der Waals surface area contributed by atoms with Gasteiger partial charge in [0.1, 0.15) is 0 Å². The van der Waals surface area contributed by atoms with E-state index < -0.39 is 0 Å². The fraction of sp³-hybridized carbons (Fsp3) is 0.278. The Hall–Kier alpha value is -2.20. The van der Waals surface area contributed by atoms with Crippen LogP contribution in [0.4, 0.5) is 21.9 Å². The van der Waals surface area contributed by atoms with Crippen LogP contribution < -0.4 is 16.0 Å². The van der Waals surface area contributed by atoms with E-state index in [-0.39, 0.29) is 11.6 Å². The number of hydrogen-bond donors (Lipinski definition) is 3. The molecule has 0 unspecified atom stereocenters. The highest BCUT2D eigenvalue weighted by molar-refractivity contribution is 6.31. The van der Waals surface area contributed by atoms with Gasteiger partial charge in [-0.15, -0.1) is 0 Å². The molecule has 0 fully saturated rings. The maximum Gasteiger partial charge on any atom is 0.323 e. The predicted molar refractivity (Wildman–Crippen MR) is 98.6 cm³/mol. The number of aryl methyl sites for hydroxylation is 1. The van der Waals surface area contributed by atoms with Gasteiger partial charge in [0.05, 0.1) is 0 Å². The van der Waals surface area contributed by atoms with Gasteiger partial charge < -0.3 is 16.0 Å². The molecular weight excluding hydrogens is 310 g/mol. The van der Waals surface area contributed by atoms with Gasteiger partial charge in [0.15, 0.2) is 0 Å². The van der Waals surface area contributed by atoms with Crippen LogP contribution >= 0.6 is 11.6 Å². The van der Waals surface area contributed by atoms with Crippen molar-refractivity contribution >= 4 is 34.7 Å². The number of rotatable bonds is 3. The summed E-state index contributed by atoms with van der Waals surface area (Å²) >= 11 is 5.97. The molecule has 3 N–H and O–H groups in total. The first-order valence-corrected chi connectivity index (χ1v) is 7.83. The second-order valence-corrected chi connectivity index (χ2v) is 6.90. The average molecular weight is 332 g/mol. The van der Waals surface area contributed by atoms with Gasteiger partial charge in [-0.25, -0.2) is 4.79 Å². The molecule has 5 heteroatoms. The first-order valence-electron chi connectivity index (χ1n) is 7.45. The summed E-state index contributed by atoms with van der Waals surface area (Å²) in [5, 5.41) is 9.64. The maximum absolute atomic E-state index is 12.0. The molecule has 4 nitrogen and oxygen atoms in total. The topological polar surface area (TPSA) is 53.2 Å². The highest BCUT2D eigenvalue weighted by Crippen LogP contribution is 2.20. The highest BCUT2D eigenvalue weighted by atomic mass is 35.5. The molecule has 0 bridgehead atoms. The van der Waals surface area contributed by atoms with Crippen molar-refractivity contribution < 1.29 is 4.79 Å². The van der Waals surface area contributed by atoms with Crippen molar-refractivity contribution in [3.05, 3.63) is 53.1 Å². The largest absolute Gasteiger partial charge is 0.380 e. The van der Waals surface area contributed by atoms with Crippen LogP contribution in [0.15, 0.2) is 42.5 Å². The standard InChI is InChI=1S/C18H22ClN3O/c1-12-11-15(9-10-16(12)19)21-17(23)20-13-5-7-14(8-6-13)22-18(2,3)4/h5-11,22H,1-4H3,(H2,20,21,23). The average Bonchev–Trinajstić information content (AvgIpc) is 2.43. The van der Waals surface area contributed by atoms with Crippen LogP contribution in [0.5, 0.6) is 0 Å². The van der Waals surface area contributed by atoms with E-state index in [4.69, 9.17) is 11.6 Å². The Balaban J connectivity index is 1.96. The third-order valence-corrected chi connectivity index (χ3v) is 3.50. The summed E-state index contributed by atoms with van der Waals surface area (Å²) in [4.78, 5) is 12.0. The summed E-state index contributed by atoms with van der Waals surface area (Å²) < 4.78 is 0. The summed E-state index contributed by atoms with van der Waals surface area (Å²) in [7, 11) is 0. The van der Waals surface area contributed by atoms with E-state index in [1.54, 1.807) is 12.1 Å². The van der Waals surface area contributed by atoms with E-state index in [0.29, 0.717) is 10.7 Å². The summed E-state index contributed by atoms with van der Waals surface area (Å²) in [6, 6.07) is 12.7. The monoisotopic (exact) mass is 331 g/mol. The minimum absolute atomic E-state index is 0.00123. The molecule has 2 aromatic rings. The number of urea groups is 1. The number of amides is 2. The fourth-order valence-electron chi connectivity index (χ4n) is 2.09. The zero-order chi connectivity index (χ0) is 17.0. The van der Waals surface area contributed by atoms with Gasteiger partial charge >= 0.3 is 6.03 Å². The van der Waals surface area contributed by atoms with Crippen molar-refractivity contribution in [2.75, 3.05) is 16.0 Å². The number of hydrogen-bond acceptors (Lipinski definition) is 2. The van der Waals surface area contributed by atoms with Gasteiger partial charge in [0, 0.05) is 27.6 Å². The SMILES string of the molecule is Cc1cc(NC(=O)Nc2ccc(NC(C)(C)C)cc2)ccc1Cl. The van der Waals surface area contributed by atoms with Crippen LogP contribution in [0.2, 0.25) is 5.02 Å². The van der Waals surface area contributed by atoms with Gasteiger partial charge in [0.25, 0.3) is 0 Å². The molecule has 23 heavy (non-hydrogen) atoms. The zero-order valence-corrected chi connectivity index (χ0v) is 14.6. The molecule has 0 saturated heterocycles. The van der Waals surface area contributed by atoms with E-state index >= 15 is 0 Å². The van der Waals surface area contributed by atoms with Gasteiger partial charge in [-0.2, -0.15) is 0 Å². The molecule has 0 saturated carbocycles. The molecule has 2 amide bonds. The third kappa shape index (κ3) is 5.49. The molecule has 2 aromatic carbocycles. The summed E-state index contributed by atoms with van der Waals surface area (Å²) in [5.74, 6) is 0. The molecule has 0 aliphatic heterocycles. The molecule has 0 aliphatic carbocycles. The summed E-state index contributed by atoms with van der Waals surface area (Å²) in [5.41, 5.74) is 3.36. The van der Waals surface area contributed by atoms with Crippen molar-refractivity contribution in [1.29, 1.82) is 0 Å². The Morgan fingerprint density at radius 1 is 0.913 bits per heavy atom. The molecular formula is C18H22ClN3O. The minimum atomic E-state index is -0.289. The molecule has 0 aliphatic rings. The molecule has 0 spiro atoms. The number of carbonyl (C=O) groups excluding carboxylic acids is 1. The number of carbonyl (C=O) groups is 1. The molecule has 2 rings (SSSR count). The Kier molecular flexibility index (Phi) is 5.16. The highest BCUT2D eigenvalue weighted by Gasteiger charge is 2.09. The Morgan fingerprint density at radius 2 is 1.43 bits per heavy atom. The maximum atomic E-state index is 12.0. The van der Waals surface area contributed by atoms with Crippen molar-refractivity contribution in [2.24, 2.45) is 0 Å². The summed E-state index contributed by atoms with van der Waals surface area (Å²) in [6.45, 7) is 8.19. The lowest BCUT2D eigenvalue weighted by Crippen LogP contribution is -2.26. The lowest BCUT2D eigenvalue weighted by molar-refractivity contribution is 0.262. The normalized spacial score (nSPS) is 11.0. The van der Waals surface area contributed by atoms with Crippen LogP contribution in [0.1, 0.15) is 26.3 Å². The first kappa shape index (κ1) is 17.2. The number of anilines is 3.